The largest absolute Gasteiger partial charge is 0.493 e. The Morgan fingerprint density at radius 2 is 1.77 bits per heavy atom. The molecule has 3 rings (SSSR count). The van der Waals surface area contributed by atoms with Gasteiger partial charge in [0.1, 0.15) is 16.4 Å². The Hall–Kier alpha value is -3.07. The quantitative estimate of drug-likeness (QED) is 0.742. The molecule has 0 radical (unpaired) electrons. The fourth-order valence-corrected chi connectivity index (χ4v) is 3.40. The maximum atomic E-state index is 12.5. The molecule has 0 aliphatic heterocycles. The van der Waals surface area contributed by atoms with Crippen LogP contribution in [0.1, 0.15) is 0 Å². The number of anilines is 1. The molecule has 2 aromatic heterocycles. The van der Waals surface area contributed by atoms with E-state index in [-0.39, 0.29) is 11.4 Å². The topological polar surface area (TPSA) is 101 Å². The fourth-order valence-electron chi connectivity index (χ4n) is 2.59. The Labute approximate surface area is 153 Å². The van der Waals surface area contributed by atoms with Gasteiger partial charge in [-0.1, -0.05) is 0 Å². The lowest BCUT2D eigenvalue weighted by Gasteiger charge is -2.10. The Balaban J connectivity index is 2.13. The van der Waals surface area contributed by atoms with Crippen molar-refractivity contribution in [1.82, 2.24) is 14.1 Å². The van der Waals surface area contributed by atoms with Crippen molar-refractivity contribution in [3.63, 3.8) is 0 Å². The number of benzene rings is 1. The summed E-state index contributed by atoms with van der Waals surface area (Å²) in [4.78, 5) is 29.0. The highest BCUT2D eigenvalue weighted by Crippen LogP contribution is 2.35. The molecule has 0 saturated heterocycles. The number of hydrogen-bond donors (Lipinski definition) is 1. The molecule has 0 fully saturated rings. The average molecular weight is 374 g/mol. The van der Waals surface area contributed by atoms with Crippen molar-refractivity contribution < 1.29 is 9.47 Å². The van der Waals surface area contributed by atoms with Crippen molar-refractivity contribution in [2.45, 2.75) is 0 Å². The van der Waals surface area contributed by atoms with Gasteiger partial charge < -0.3 is 15.2 Å². The van der Waals surface area contributed by atoms with Crippen LogP contribution in [0.3, 0.4) is 0 Å². The summed E-state index contributed by atoms with van der Waals surface area (Å²) in [7, 11) is 6.05. The predicted octanol–water partition coefficient (Wildman–Crippen LogP) is 1.47. The normalized spacial score (nSPS) is 10.8. The molecule has 136 valence electrons. The van der Waals surface area contributed by atoms with E-state index in [4.69, 9.17) is 15.2 Å². The Bertz CT molecular complexity index is 1100. The lowest BCUT2D eigenvalue weighted by Crippen LogP contribution is -2.39. The highest BCUT2D eigenvalue weighted by Gasteiger charge is 2.18. The zero-order chi connectivity index (χ0) is 19.0. The number of nitrogens with two attached hydrogens (primary N) is 1. The van der Waals surface area contributed by atoms with Crippen molar-refractivity contribution in [3.05, 3.63) is 44.4 Å². The number of nitrogens with zero attached hydrogens (tertiary/aromatic N) is 3. The second kappa shape index (κ2) is 6.68. The molecule has 3 aromatic rings. The summed E-state index contributed by atoms with van der Waals surface area (Å²) in [6.45, 7) is 0. The van der Waals surface area contributed by atoms with Crippen molar-refractivity contribution >= 4 is 17.2 Å². The lowest BCUT2D eigenvalue weighted by molar-refractivity contribution is 0.355. The molecule has 2 heterocycles. The molecule has 0 bridgehead atoms. The summed E-state index contributed by atoms with van der Waals surface area (Å²) in [5.74, 6) is 1.28. The SMILES string of the molecule is COc1ccc(-c2nc(-c3c(N)n(C)c(=O)n(C)c3=O)cs2)cc1OC. The molecule has 8 nitrogen and oxygen atoms in total. The van der Waals surface area contributed by atoms with Gasteiger partial charge in [0.05, 0.1) is 19.9 Å². The molecule has 2 N–H and O–H groups in total. The maximum absolute atomic E-state index is 12.5. The Morgan fingerprint density at radius 3 is 2.42 bits per heavy atom. The molecular formula is C17H18N4O4S. The molecule has 0 unspecified atom stereocenters. The summed E-state index contributed by atoms with van der Waals surface area (Å²) in [6, 6.07) is 5.45. The van der Waals surface area contributed by atoms with E-state index in [0.717, 1.165) is 10.1 Å². The van der Waals surface area contributed by atoms with E-state index in [9.17, 15) is 9.59 Å². The minimum absolute atomic E-state index is 0.0854. The molecule has 26 heavy (non-hydrogen) atoms. The smallest absolute Gasteiger partial charge is 0.332 e. The summed E-state index contributed by atoms with van der Waals surface area (Å²) >= 11 is 1.36. The van der Waals surface area contributed by atoms with Gasteiger partial charge in [0.2, 0.25) is 0 Å². The highest BCUT2D eigenvalue weighted by atomic mass is 32.1. The van der Waals surface area contributed by atoms with E-state index in [1.54, 1.807) is 25.7 Å². The van der Waals surface area contributed by atoms with Gasteiger partial charge in [0.15, 0.2) is 11.5 Å². The van der Waals surface area contributed by atoms with Gasteiger partial charge in [-0.15, -0.1) is 11.3 Å². The lowest BCUT2D eigenvalue weighted by atomic mass is 10.2. The van der Waals surface area contributed by atoms with Gasteiger partial charge >= 0.3 is 5.69 Å². The Kier molecular flexibility index (Phi) is 4.56. The number of methoxy groups -OCH3 is 2. The van der Waals surface area contributed by atoms with Crippen LogP contribution in [-0.2, 0) is 14.1 Å². The number of hydrogen-bond acceptors (Lipinski definition) is 7. The summed E-state index contributed by atoms with van der Waals surface area (Å²) < 4.78 is 12.8. The summed E-state index contributed by atoms with van der Waals surface area (Å²) in [5, 5.41) is 2.43. The highest BCUT2D eigenvalue weighted by molar-refractivity contribution is 7.13. The fraction of sp³-hybridized carbons (Fsp3) is 0.235. The van der Waals surface area contributed by atoms with E-state index in [1.807, 2.05) is 12.1 Å². The molecule has 0 aliphatic carbocycles. The van der Waals surface area contributed by atoms with E-state index >= 15 is 0 Å². The van der Waals surface area contributed by atoms with Crippen LogP contribution in [0.15, 0.2) is 33.2 Å². The number of ether oxygens (including phenoxy) is 2. The van der Waals surface area contributed by atoms with E-state index in [0.29, 0.717) is 22.2 Å². The zero-order valence-electron chi connectivity index (χ0n) is 14.8. The van der Waals surface area contributed by atoms with Crippen molar-refractivity contribution in [1.29, 1.82) is 0 Å². The molecule has 9 heteroatoms. The third-order valence-electron chi connectivity index (χ3n) is 4.10. The first-order valence-electron chi connectivity index (χ1n) is 7.62. The number of rotatable bonds is 4. The number of thiazole rings is 1. The van der Waals surface area contributed by atoms with Crippen LogP contribution in [0.5, 0.6) is 11.5 Å². The third-order valence-corrected chi connectivity index (χ3v) is 4.99. The van der Waals surface area contributed by atoms with Crippen molar-refractivity contribution in [2.75, 3.05) is 20.0 Å². The number of aromatic nitrogens is 3. The van der Waals surface area contributed by atoms with Crippen LogP contribution in [0.25, 0.3) is 21.8 Å². The van der Waals surface area contributed by atoms with Gasteiger partial charge in [-0.25, -0.2) is 9.78 Å². The van der Waals surface area contributed by atoms with Crippen molar-refractivity contribution in [2.24, 2.45) is 14.1 Å². The summed E-state index contributed by atoms with van der Waals surface area (Å²) in [5.41, 5.74) is 6.49. The van der Waals surface area contributed by atoms with Crippen LogP contribution in [-0.4, -0.2) is 28.3 Å². The van der Waals surface area contributed by atoms with Crippen LogP contribution in [0.2, 0.25) is 0 Å². The average Bonchev–Trinajstić information content (AvgIpc) is 3.14. The van der Waals surface area contributed by atoms with Crippen LogP contribution >= 0.6 is 11.3 Å². The Morgan fingerprint density at radius 1 is 1.08 bits per heavy atom. The van der Waals surface area contributed by atoms with Gasteiger partial charge in [-0.2, -0.15) is 0 Å². The molecular weight excluding hydrogens is 356 g/mol. The maximum Gasteiger partial charge on any atom is 0.332 e. The minimum atomic E-state index is -0.480. The monoisotopic (exact) mass is 374 g/mol. The molecule has 0 atom stereocenters. The van der Waals surface area contributed by atoms with Crippen LogP contribution < -0.4 is 26.5 Å². The molecule has 1 aromatic carbocycles. The second-order valence-corrected chi connectivity index (χ2v) is 6.43. The standard InChI is InChI=1S/C17H18N4O4S/c1-20-14(18)13(16(22)21(2)17(20)23)10-8-26-15(19-10)9-5-6-11(24-3)12(7-9)25-4/h5-8H,18H2,1-4H3. The zero-order valence-corrected chi connectivity index (χ0v) is 15.6. The van der Waals surface area contributed by atoms with Gasteiger partial charge in [-0.05, 0) is 18.2 Å². The van der Waals surface area contributed by atoms with Crippen molar-refractivity contribution in [3.8, 4) is 33.3 Å². The molecule has 0 amide bonds. The molecule has 0 saturated carbocycles. The first-order chi connectivity index (χ1) is 12.4. The van der Waals surface area contributed by atoms with E-state index in [1.165, 1.54) is 30.0 Å². The van der Waals surface area contributed by atoms with Crippen LogP contribution in [0.4, 0.5) is 5.82 Å². The number of nitrogen functional groups attached to an aromatic ring is 1. The molecule has 0 spiro atoms. The van der Waals surface area contributed by atoms with E-state index in [2.05, 4.69) is 4.98 Å². The van der Waals surface area contributed by atoms with Gasteiger partial charge in [-0.3, -0.25) is 13.9 Å². The third kappa shape index (κ3) is 2.76. The first-order valence-corrected chi connectivity index (χ1v) is 8.50. The van der Waals surface area contributed by atoms with E-state index < -0.39 is 11.2 Å². The van der Waals surface area contributed by atoms with Gasteiger partial charge in [0, 0.05) is 25.0 Å². The van der Waals surface area contributed by atoms with Gasteiger partial charge in [0.25, 0.3) is 5.56 Å². The summed E-state index contributed by atoms with van der Waals surface area (Å²) in [6.07, 6.45) is 0. The first kappa shape index (κ1) is 17.7. The second-order valence-electron chi connectivity index (χ2n) is 5.57. The molecule has 0 aliphatic rings. The van der Waals surface area contributed by atoms with Crippen LogP contribution in [0, 0.1) is 0 Å². The minimum Gasteiger partial charge on any atom is -0.493 e. The predicted molar refractivity (Wildman–Crippen MR) is 101 cm³/mol.